The van der Waals surface area contributed by atoms with E-state index in [1.165, 1.54) is 6.07 Å². The molecule has 112 valence electrons. The van der Waals surface area contributed by atoms with E-state index in [9.17, 15) is 22.8 Å². The van der Waals surface area contributed by atoms with Crippen molar-refractivity contribution in [2.24, 2.45) is 4.99 Å². The van der Waals surface area contributed by atoms with E-state index in [1.54, 1.807) is 19.1 Å². The smallest absolute Gasteiger partial charge is 0.271 e. The van der Waals surface area contributed by atoms with Gasteiger partial charge in [0.15, 0.2) is 0 Å². The van der Waals surface area contributed by atoms with Gasteiger partial charge in [0.2, 0.25) is 0 Å². The number of aliphatic imine (C=N–C) groups is 1. The Morgan fingerprint density at radius 3 is 2.62 bits per heavy atom. The Balaban J connectivity index is 2.32. The predicted molar refractivity (Wildman–Crippen MR) is 68.6 cm³/mol. The van der Waals surface area contributed by atoms with E-state index in [0.29, 0.717) is 10.6 Å². The summed E-state index contributed by atoms with van der Waals surface area (Å²) in [4.78, 5) is 26.4. The van der Waals surface area contributed by atoms with Gasteiger partial charge in [-0.3, -0.25) is 20.0 Å². The Labute approximate surface area is 122 Å². The van der Waals surface area contributed by atoms with E-state index in [4.69, 9.17) is 11.6 Å². The maximum Gasteiger partial charge on any atom is 0.473 e. The van der Waals surface area contributed by atoms with Gasteiger partial charge in [0.25, 0.3) is 5.91 Å². The molecule has 1 aliphatic rings. The van der Waals surface area contributed by atoms with Gasteiger partial charge in [0, 0.05) is 10.6 Å². The van der Waals surface area contributed by atoms with Crippen molar-refractivity contribution >= 4 is 29.3 Å². The van der Waals surface area contributed by atoms with Crippen LogP contribution in [-0.4, -0.2) is 35.4 Å². The molecular formula is C12H9ClF3N3O2. The largest absolute Gasteiger partial charge is 0.473 e. The second kappa shape index (κ2) is 5.36. The van der Waals surface area contributed by atoms with E-state index in [1.807, 2.05) is 0 Å². The van der Waals surface area contributed by atoms with Crippen LogP contribution in [0.3, 0.4) is 0 Å². The highest BCUT2D eigenvalue weighted by Gasteiger charge is 2.46. The fourth-order valence-corrected chi connectivity index (χ4v) is 2.03. The van der Waals surface area contributed by atoms with Crippen molar-refractivity contribution in [3.05, 3.63) is 34.3 Å². The van der Waals surface area contributed by atoms with Crippen molar-refractivity contribution in [3.63, 3.8) is 0 Å². The van der Waals surface area contributed by atoms with E-state index < -0.39 is 24.5 Å². The molecule has 21 heavy (non-hydrogen) atoms. The van der Waals surface area contributed by atoms with Crippen LogP contribution >= 0.6 is 11.6 Å². The number of hydrazine groups is 1. The van der Waals surface area contributed by atoms with Crippen LogP contribution in [0, 0.1) is 6.92 Å². The average molecular weight is 320 g/mol. The number of aryl methyl sites for hydroxylation is 1. The molecule has 1 aromatic carbocycles. The quantitative estimate of drug-likeness (QED) is 0.859. The molecule has 5 nitrogen and oxygen atoms in total. The van der Waals surface area contributed by atoms with E-state index in [-0.39, 0.29) is 10.8 Å². The van der Waals surface area contributed by atoms with Crippen LogP contribution in [0.15, 0.2) is 23.2 Å². The lowest BCUT2D eigenvalue weighted by Gasteiger charge is -2.27. The molecule has 0 saturated heterocycles. The van der Waals surface area contributed by atoms with Gasteiger partial charge in [-0.05, 0) is 30.7 Å². The van der Waals surface area contributed by atoms with Gasteiger partial charge in [0.05, 0.1) is 0 Å². The molecular weight excluding hydrogens is 311 g/mol. The SMILES string of the molecule is Cc1cc(Cl)cc(C2=NCC(=O)N(C(=O)C(F)(F)F)N2)c1. The maximum absolute atomic E-state index is 12.4. The number of rotatable bonds is 1. The summed E-state index contributed by atoms with van der Waals surface area (Å²) in [7, 11) is 0. The van der Waals surface area contributed by atoms with Crippen molar-refractivity contribution in [2.75, 3.05) is 6.54 Å². The number of imide groups is 1. The minimum atomic E-state index is -5.16. The highest BCUT2D eigenvalue weighted by atomic mass is 35.5. The number of benzene rings is 1. The number of carbonyl (C=O) groups is 2. The standard InChI is InChI=1S/C12H9ClF3N3O2/c1-6-2-7(4-8(13)3-6)10-17-5-9(20)19(18-10)11(21)12(14,15)16/h2-4H,5H2,1H3,(H,17,18). The lowest BCUT2D eigenvalue weighted by atomic mass is 10.1. The minimum Gasteiger partial charge on any atom is -0.271 e. The van der Waals surface area contributed by atoms with Crippen LogP contribution in [0.4, 0.5) is 13.2 Å². The maximum atomic E-state index is 12.4. The van der Waals surface area contributed by atoms with Crippen LogP contribution < -0.4 is 5.43 Å². The van der Waals surface area contributed by atoms with Crippen LogP contribution in [0.2, 0.25) is 5.02 Å². The summed E-state index contributed by atoms with van der Waals surface area (Å²) >= 11 is 5.86. The van der Waals surface area contributed by atoms with Gasteiger partial charge in [-0.2, -0.15) is 18.2 Å². The molecule has 1 aliphatic heterocycles. The van der Waals surface area contributed by atoms with Gasteiger partial charge in [-0.1, -0.05) is 11.6 Å². The topological polar surface area (TPSA) is 61.8 Å². The third-order valence-electron chi connectivity index (χ3n) is 2.60. The molecule has 0 unspecified atom stereocenters. The number of amidine groups is 1. The molecule has 0 spiro atoms. The third-order valence-corrected chi connectivity index (χ3v) is 2.82. The van der Waals surface area contributed by atoms with Gasteiger partial charge < -0.3 is 0 Å². The van der Waals surface area contributed by atoms with E-state index in [0.717, 1.165) is 5.56 Å². The summed E-state index contributed by atoms with van der Waals surface area (Å²) in [5, 5.41) is 0.276. The van der Waals surface area contributed by atoms with Crippen LogP contribution in [0.25, 0.3) is 0 Å². The number of amides is 2. The molecule has 2 rings (SSSR count). The summed E-state index contributed by atoms with van der Waals surface area (Å²) in [6, 6.07) is 4.73. The van der Waals surface area contributed by atoms with Crippen LogP contribution in [0.1, 0.15) is 11.1 Å². The molecule has 0 saturated carbocycles. The first-order chi connectivity index (χ1) is 9.68. The molecule has 2 amide bonds. The molecule has 0 bridgehead atoms. The molecule has 0 radical (unpaired) electrons. The summed E-state index contributed by atoms with van der Waals surface area (Å²) in [6.45, 7) is 1.18. The van der Waals surface area contributed by atoms with E-state index in [2.05, 4.69) is 10.4 Å². The summed E-state index contributed by atoms with van der Waals surface area (Å²) < 4.78 is 37.3. The highest BCUT2D eigenvalue weighted by molar-refractivity contribution is 6.31. The summed E-state index contributed by atoms with van der Waals surface area (Å²) in [6.07, 6.45) is -5.16. The Bertz CT molecular complexity index is 623. The van der Waals surface area contributed by atoms with Crippen molar-refractivity contribution < 1.29 is 22.8 Å². The molecule has 0 atom stereocenters. The van der Waals surface area contributed by atoms with Gasteiger partial charge in [-0.25, -0.2) is 0 Å². The van der Waals surface area contributed by atoms with Crippen molar-refractivity contribution in [1.82, 2.24) is 10.4 Å². The Morgan fingerprint density at radius 2 is 2.05 bits per heavy atom. The zero-order chi connectivity index (χ0) is 15.8. The Morgan fingerprint density at radius 1 is 1.38 bits per heavy atom. The fourth-order valence-electron chi connectivity index (χ4n) is 1.74. The van der Waals surface area contributed by atoms with Gasteiger partial charge in [0.1, 0.15) is 12.4 Å². The zero-order valence-corrected chi connectivity index (χ0v) is 11.4. The lowest BCUT2D eigenvalue weighted by molar-refractivity contribution is -0.189. The predicted octanol–water partition coefficient (Wildman–Crippen LogP) is 1.83. The minimum absolute atomic E-state index is 0.0298. The molecule has 1 heterocycles. The molecule has 1 N–H and O–H groups in total. The second-order valence-electron chi connectivity index (χ2n) is 4.33. The zero-order valence-electron chi connectivity index (χ0n) is 10.7. The number of hydrogen-bond donors (Lipinski definition) is 1. The summed E-state index contributed by atoms with van der Waals surface area (Å²) in [5.41, 5.74) is 3.22. The van der Waals surface area contributed by atoms with E-state index >= 15 is 0 Å². The number of halogens is 4. The lowest BCUT2D eigenvalue weighted by Crippen LogP contribution is -2.57. The van der Waals surface area contributed by atoms with Crippen molar-refractivity contribution in [3.8, 4) is 0 Å². The number of hydrogen-bond acceptors (Lipinski definition) is 4. The number of nitrogens with zero attached hydrogens (tertiary/aromatic N) is 2. The fraction of sp³-hybridized carbons (Fsp3) is 0.250. The molecule has 0 aliphatic carbocycles. The summed E-state index contributed by atoms with van der Waals surface area (Å²) in [5.74, 6) is -3.41. The highest BCUT2D eigenvalue weighted by Crippen LogP contribution is 2.20. The Kier molecular flexibility index (Phi) is 3.91. The number of carbonyl (C=O) groups excluding carboxylic acids is 2. The Hall–Kier alpha value is -2.09. The average Bonchev–Trinajstić information content (AvgIpc) is 2.36. The normalized spacial score (nSPS) is 15.6. The van der Waals surface area contributed by atoms with Gasteiger partial charge >= 0.3 is 12.1 Å². The first kappa shape index (κ1) is 15.3. The third kappa shape index (κ3) is 3.33. The second-order valence-corrected chi connectivity index (χ2v) is 4.76. The van der Waals surface area contributed by atoms with Crippen molar-refractivity contribution in [2.45, 2.75) is 13.1 Å². The first-order valence-corrected chi connectivity index (χ1v) is 6.09. The van der Waals surface area contributed by atoms with Crippen LogP contribution in [0.5, 0.6) is 0 Å². The van der Waals surface area contributed by atoms with Crippen LogP contribution in [-0.2, 0) is 9.59 Å². The first-order valence-electron chi connectivity index (χ1n) is 5.71. The molecule has 9 heteroatoms. The monoisotopic (exact) mass is 319 g/mol. The number of nitrogens with one attached hydrogen (secondary N) is 1. The molecule has 1 aromatic rings. The van der Waals surface area contributed by atoms with Gasteiger partial charge in [-0.15, -0.1) is 0 Å². The molecule has 0 fully saturated rings. The number of alkyl halides is 3. The molecule has 0 aromatic heterocycles. The van der Waals surface area contributed by atoms with Crippen molar-refractivity contribution in [1.29, 1.82) is 0 Å².